The summed E-state index contributed by atoms with van der Waals surface area (Å²) < 4.78 is 17.0. The van der Waals surface area contributed by atoms with Gasteiger partial charge >= 0.3 is 17.9 Å². The second-order valence-corrected chi connectivity index (χ2v) is 24.5. The van der Waals surface area contributed by atoms with Gasteiger partial charge in [0.25, 0.3) is 0 Å². The summed E-state index contributed by atoms with van der Waals surface area (Å²) in [5.74, 6) is -0.836. The highest BCUT2D eigenvalue weighted by Crippen LogP contribution is 2.19. The van der Waals surface area contributed by atoms with Gasteiger partial charge in [-0.05, 0) is 64.2 Å². The summed E-state index contributed by atoms with van der Waals surface area (Å²) in [4.78, 5) is 38.4. The number of rotatable bonds is 67. The van der Waals surface area contributed by atoms with Gasteiger partial charge in [-0.25, -0.2) is 0 Å². The lowest BCUT2D eigenvalue weighted by Crippen LogP contribution is -2.30. The van der Waals surface area contributed by atoms with Crippen molar-refractivity contribution in [2.24, 2.45) is 0 Å². The molecule has 0 bridgehead atoms. The fraction of sp³-hybridized carbons (Fsp3) is 0.829. The Hall–Kier alpha value is -2.89. The largest absolute Gasteiger partial charge is 0.462 e. The molecule has 1 unspecified atom stereocenters. The number of hydrogen-bond acceptors (Lipinski definition) is 6. The second kappa shape index (κ2) is 70.6. The molecule has 0 aromatic carbocycles. The van der Waals surface area contributed by atoms with E-state index in [4.69, 9.17) is 14.2 Å². The van der Waals surface area contributed by atoms with Crippen LogP contribution in [0.1, 0.15) is 387 Å². The van der Waals surface area contributed by atoms with Crippen molar-refractivity contribution in [3.05, 3.63) is 60.8 Å². The van der Waals surface area contributed by atoms with Crippen molar-refractivity contribution >= 4 is 17.9 Å². The van der Waals surface area contributed by atoms with Crippen molar-refractivity contribution < 1.29 is 28.6 Å². The summed E-state index contributed by atoms with van der Waals surface area (Å²) in [5, 5.41) is 0. The third kappa shape index (κ3) is 67.9. The Morgan fingerprint density at radius 1 is 0.256 bits per heavy atom. The first-order valence-electron chi connectivity index (χ1n) is 36.3. The molecule has 0 fully saturated rings. The second-order valence-electron chi connectivity index (χ2n) is 24.5. The molecule has 478 valence electrons. The summed E-state index contributed by atoms with van der Waals surface area (Å²) >= 11 is 0. The maximum atomic E-state index is 12.9. The van der Waals surface area contributed by atoms with E-state index < -0.39 is 6.10 Å². The molecule has 6 nitrogen and oxygen atoms in total. The summed E-state index contributed by atoms with van der Waals surface area (Å²) in [7, 11) is 0. The van der Waals surface area contributed by atoms with Crippen LogP contribution >= 0.6 is 0 Å². The van der Waals surface area contributed by atoms with Crippen LogP contribution in [0.25, 0.3) is 0 Å². The maximum Gasteiger partial charge on any atom is 0.306 e. The van der Waals surface area contributed by atoms with Crippen LogP contribution in [-0.2, 0) is 28.6 Å². The third-order valence-electron chi connectivity index (χ3n) is 16.3. The quantitative estimate of drug-likeness (QED) is 0.0261. The lowest BCUT2D eigenvalue weighted by Gasteiger charge is -2.18. The Morgan fingerprint density at radius 3 is 0.744 bits per heavy atom. The van der Waals surface area contributed by atoms with Crippen LogP contribution in [0.3, 0.4) is 0 Å². The molecule has 0 heterocycles. The molecule has 0 radical (unpaired) electrons. The number of carbonyl (C=O) groups excluding carboxylic acids is 3. The van der Waals surface area contributed by atoms with Crippen molar-refractivity contribution in [3.63, 3.8) is 0 Å². The van der Waals surface area contributed by atoms with E-state index in [1.165, 1.54) is 257 Å². The summed E-state index contributed by atoms with van der Waals surface area (Å²) in [6.45, 7) is 6.60. The molecule has 0 aliphatic carbocycles. The number of ether oxygens (including phenoxy) is 3. The number of esters is 3. The van der Waals surface area contributed by atoms with Crippen LogP contribution in [0.5, 0.6) is 0 Å². The van der Waals surface area contributed by atoms with Gasteiger partial charge in [-0.3, -0.25) is 14.4 Å². The van der Waals surface area contributed by atoms with Crippen LogP contribution in [0.15, 0.2) is 60.8 Å². The van der Waals surface area contributed by atoms with Gasteiger partial charge in [0.1, 0.15) is 13.2 Å². The summed E-state index contributed by atoms with van der Waals surface area (Å²) in [6, 6.07) is 0. The topological polar surface area (TPSA) is 78.9 Å². The molecule has 0 rings (SSSR count). The van der Waals surface area contributed by atoms with E-state index in [1.54, 1.807) is 0 Å². The predicted octanol–water partition coefficient (Wildman–Crippen LogP) is 25.1. The zero-order valence-electron chi connectivity index (χ0n) is 55.0. The fourth-order valence-corrected chi connectivity index (χ4v) is 10.9. The van der Waals surface area contributed by atoms with E-state index in [-0.39, 0.29) is 31.1 Å². The molecule has 6 heteroatoms. The molecular formula is C76H138O6. The summed E-state index contributed by atoms with van der Waals surface area (Å²) in [5.41, 5.74) is 0. The van der Waals surface area contributed by atoms with E-state index in [9.17, 15) is 14.4 Å². The molecule has 0 N–H and O–H groups in total. The highest BCUT2D eigenvalue weighted by atomic mass is 16.6. The van der Waals surface area contributed by atoms with Crippen molar-refractivity contribution in [1.29, 1.82) is 0 Å². The smallest absolute Gasteiger partial charge is 0.306 e. The molecule has 82 heavy (non-hydrogen) atoms. The first kappa shape index (κ1) is 79.1. The minimum atomic E-state index is -0.769. The SMILES string of the molecule is CC/C=C\C/C=C\C/C=C\C/C=C\C/C=C\CCCCCCCCCCCCCCCCCCCC(=O)OCC(COC(=O)CCCCCCCCCCCCCCC)OC(=O)CCCCCCCCCCCCCCCCCCCC. The van der Waals surface area contributed by atoms with Gasteiger partial charge in [0.2, 0.25) is 0 Å². The van der Waals surface area contributed by atoms with E-state index in [0.717, 1.165) is 89.9 Å². The van der Waals surface area contributed by atoms with Gasteiger partial charge in [0, 0.05) is 19.3 Å². The molecule has 0 spiro atoms. The van der Waals surface area contributed by atoms with Gasteiger partial charge in [0.05, 0.1) is 0 Å². The van der Waals surface area contributed by atoms with Gasteiger partial charge in [0.15, 0.2) is 6.10 Å². The molecule has 0 aromatic rings. The van der Waals surface area contributed by atoms with E-state index >= 15 is 0 Å². The highest BCUT2D eigenvalue weighted by Gasteiger charge is 2.19. The molecule has 0 saturated carbocycles. The van der Waals surface area contributed by atoms with Crippen molar-refractivity contribution in [2.75, 3.05) is 13.2 Å². The average Bonchev–Trinajstić information content (AvgIpc) is 3.47. The van der Waals surface area contributed by atoms with Gasteiger partial charge in [-0.1, -0.05) is 364 Å². The Morgan fingerprint density at radius 2 is 0.476 bits per heavy atom. The number of unbranched alkanes of at least 4 members (excludes halogenated alkanes) is 46. The minimum Gasteiger partial charge on any atom is -0.462 e. The van der Waals surface area contributed by atoms with E-state index in [1.807, 2.05) is 0 Å². The Labute approximate surface area is 510 Å². The van der Waals surface area contributed by atoms with Gasteiger partial charge in [-0.2, -0.15) is 0 Å². The van der Waals surface area contributed by atoms with E-state index in [2.05, 4.69) is 81.5 Å². The first-order valence-corrected chi connectivity index (χ1v) is 36.3. The standard InChI is InChI=1S/C76H138O6/c1-4-7-10-13-16-19-22-25-27-29-31-32-33-34-35-36-37-38-39-40-41-42-43-44-45-47-48-51-54-57-60-63-66-69-75(78)81-72-73(71-80-74(77)68-65-62-59-56-53-50-24-21-18-15-12-9-6-3)82-76(79)70-67-64-61-58-55-52-49-46-30-28-26-23-20-17-14-11-8-5-2/h7,10,16,19,25,27,31-32,34-35,73H,4-6,8-9,11-15,17-18,20-24,26,28-30,33,36-72H2,1-3H3/b10-7-,19-16-,27-25-,32-31-,35-34-. The molecule has 0 aromatic heterocycles. The Bertz CT molecular complexity index is 1460. The normalized spacial score (nSPS) is 12.4. The molecule has 0 saturated heterocycles. The highest BCUT2D eigenvalue weighted by molar-refractivity contribution is 5.71. The van der Waals surface area contributed by atoms with Crippen LogP contribution in [0.4, 0.5) is 0 Å². The monoisotopic (exact) mass is 1150 g/mol. The van der Waals surface area contributed by atoms with Gasteiger partial charge < -0.3 is 14.2 Å². The van der Waals surface area contributed by atoms with Gasteiger partial charge in [-0.15, -0.1) is 0 Å². The van der Waals surface area contributed by atoms with Crippen LogP contribution in [-0.4, -0.2) is 37.2 Å². The molecule has 0 amide bonds. The average molecular weight is 1150 g/mol. The molecular weight excluding hydrogens is 1010 g/mol. The van der Waals surface area contributed by atoms with Crippen LogP contribution in [0, 0.1) is 0 Å². The van der Waals surface area contributed by atoms with Crippen LogP contribution in [0.2, 0.25) is 0 Å². The number of carbonyl (C=O) groups is 3. The molecule has 0 aliphatic heterocycles. The molecule has 0 aliphatic rings. The zero-order valence-corrected chi connectivity index (χ0v) is 55.0. The van der Waals surface area contributed by atoms with Crippen molar-refractivity contribution in [1.82, 2.24) is 0 Å². The molecule has 1 atom stereocenters. The number of allylic oxidation sites excluding steroid dienone is 10. The lowest BCUT2D eigenvalue weighted by molar-refractivity contribution is -0.167. The Balaban J connectivity index is 4.14. The summed E-state index contributed by atoms with van der Waals surface area (Å²) in [6.07, 6.45) is 91.2. The fourth-order valence-electron chi connectivity index (χ4n) is 10.9. The lowest BCUT2D eigenvalue weighted by atomic mass is 10.0. The van der Waals surface area contributed by atoms with Crippen molar-refractivity contribution in [3.8, 4) is 0 Å². The van der Waals surface area contributed by atoms with E-state index in [0.29, 0.717) is 19.3 Å². The maximum absolute atomic E-state index is 12.9. The number of hydrogen-bond donors (Lipinski definition) is 0. The first-order chi connectivity index (χ1) is 40.5. The predicted molar refractivity (Wildman–Crippen MR) is 358 cm³/mol. The van der Waals surface area contributed by atoms with Crippen molar-refractivity contribution in [2.45, 2.75) is 393 Å². The third-order valence-corrected chi connectivity index (χ3v) is 16.3. The minimum absolute atomic E-state index is 0.0657. The van der Waals surface area contributed by atoms with Crippen LogP contribution < -0.4 is 0 Å². The Kier molecular flexibility index (Phi) is 68.1. The zero-order chi connectivity index (χ0) is 59.2.